The number of sulfonamides is 1. The van der Waals surface area contributed by atoms with Gasteiger partial charge in [0, 0.05) is 22.9 Å². The lowest BCUT2D eigenvalue weighted by molar-refractivity contribution is 0.0981. The van der Waals surface area contributed by atoms with Crippen LogP contribution in [0.1, 0.15) is 43.0 Å². The molecule has 9 heteroatoms. The molecule has 1 heterocycles. The minimum Gasteiger partial charge on any atom is -0.496 e. The highest BCUT2D eigenvalue weighted by molar-refractivity contribution is 7.90. The predicted octanol–water partition coefficient (Wildman–Crippen LogP) is 4.06. The first kappa shape index (κ1) is 21.9. The molecular formula is C22H25ClN2O5S. The second kappa shape index (κ2) is 8.67. The molecule has 2 aliphatic rings. The van der Waals surface area contributed by atoms with E-state index in [0.717, 1.165) is 12.3 Å². The van der Waals surface area contributed by atoms with Crippen molar-refractivity contribution in [1.29, 1.82) is 0 Å². The minimum atomic E-state index is -3.65. The molecule has 2 saturated carbocycles. The summed E-state index contributed by atoms with van der Waals surface area (Å²) in [4.78, 5) is 16.7. The van der Waals surface area contributed by atoms with Crippen molar-refractivity contribution in [2.24, 2.45) is 11.8 Å². The molecule has 1 amide bonds. The first-order valence-corrected chi connectivity index (χ1v) is 12.4. The number of amides is 1. The van der Waals surface area contributed by atoms with Crippen LogP contribution in [0.15, 0.2) is 30.5 Å². The summed E-state index contributed by atoms with van der Waals surface area (Å²) >= 11 is 6.47. The van der Waals surface area contributed by atoms with Gasteiger partial charge in [0.2, 0.25) is 15.9 Å². The van der Waals surface area contributed by atoms with Crippen molar-refractivity contribution in [2.45, 2.75) is 38.7 Å². The molecule has 0 unspecified atom stereocenters. The van der Waals surface area contributed by atoms with Crippen molar-refractivity contribution < 1.29 is 22.7 Å². The van der Waals surface area contributed by atoms with Crippen LogP contribution in [-0.4, -0.2) is 38.3 Å². The number of rotatable bonds is 7. The molecule has 2 fully saturated rings. The molecule has 166 valence electrons. The maximum Gasteiger partial charge on any atom is 0.264 e. The third kappa shape index (κ3) is 4.65. The zero-order valence-electron chi connectivity index (χ0n) is 17.4. The monoisotopic (exact) mass is 464 g/mol. The Hall–Kier alpha value is -2.32. The van der Waals surface area contributed by atoms with Gasteiger partial charge in [0.05, 0.1) is 12.9 Å². The van der Waals surface area contributed by atoms with Crippen LogP contribution >= 0.6 is 11.6 Å². The number of methoxy groups -OCH3 is 1. The highest BCUT2D eigenvalue weighted by Gasteiger charge is 2.41. The average molecular weight is 465 g/mol. The van der Waals surface area contributed by atoms with E-state index in [2.05, 4.69) is 4.98 Å². The number of nitrogens with zero attached hydrogens (tertiary/aromatic N) is 1. The number of carbonyl (C=O) groups excluding carboxylic acids is 1. The third-order valence-corrected chi connectivity index (χ3v) is 7.67. The van der Waals surface area contributed by atoms with Gasteiger partial charge in [-0.1, -0.05) is 11.6 Å². The van der Waals surface area contributed by atoms with Crippen LogP contribution in [-0.2, 0) is 10.0 Å². The summed E-state index contributed by atoms with van der Waals surface area (Å²) in [6.07, 6.45) is 6.64. The molecule has 1 aromatic heterocycles. The number of hydrogen-bond acceptors (Lipinski definition) is 6. The number of carbonyl (C=O) groups is 1. The number of fused-ring (bicyclic) bond motifs is 2. The fourth-order valence-corrected chi connectivity index (χ4v) is 5.23. The van der Waals surface area contributed by atoms with E-state index in [1.807, 2.05) is 4.72 Å². The van der Waals surface area contributed by atoms with Crippen LogP contribution in [0.2, 0.25) is 5.02 Å². The number of ether oxygens (including phenoxy) is 2. The predicted molar refractivity (Wildman–Crippen MR) is 118 cm³/mol. The molecule has 3 atom stereocenters. The maximum absolute atomic E-state index is 12.3. The van der Waals surface area contributed by atoms with Gasteiger partial charge in [0.15, 0.2) is 0 Å². The van der Waals surface area contributed by atoms with Gasteiger partial charge in [0.1, 0.15) is 16.9 Å². The Morgan fingerprint density at radius 2 is 2.06 bits per heavy atom. The van der Waals surface area contributed by atoms with Gasteiger partial charge in [-0.05, 0) is 68.7 Å². The lowest BCUT2D eigenvalue weighted by atomic mass is 9.98. The van der Waals surface area contributed by atoms with Gasteiger partial charge >= 0.3 is 0 Å². The van der Waals surface area contributed by atoms with Gasteiger partial charge in [-0.2, -0.15) is 0 Å². The van der Waals surface area contributed by atoms with Crippen LogP contribution in [0.25, 0.3) is 11.1 Å². The summed E-state index contributed by atoms with van der Waals surface area (Å²) in [5.41, 5.74) is 1.56. The van der Waals surface area contributed by atoms with Gasteiger partial charge in [-0.15, -0.1) is 0 Å². The van der Waals surface area contributed by atoms with E-state index in [-0.39, 0.29) is 17.4 Å². The number of aromatic nitrogens is 1. The van der Waals surface area contributed by atoms with E-state index < -0.39 is 15.9 Å². The SMILES string of the molecule is CCS(=O)(=O)NC(=O)c1ccc(-c2cnc(O[C@H]3C[C@H]4CC[C@@H]3C4)c(Cl)c2)c(OC)c1. The van der Waals surface area contributed by atoms with Crippen molar-refractivity contribution in [1.82, 2.24) is 9.71 Å². The largest absolute Gasteiger partial charge is 0.496 e. The Kier molecular flexibility index (Phi) is 6.12. The molecule has 2 bridgehead atoms. The number of hydrogen-bond donors (Lipinski definition) is 1. The molecule has 2 aromatic rings. The zero-order valence-corrected chi connectivity index (χ0v) is 19.0. The second-order valence-electron chi connectivity index (χ2n) is 8.09. The first-order valence-electron chi connectivity index (χ1n) is 10.3. The molecule has 0 radical (unpaired) electrons. The molecule has 0 aliphatic heterocycles. The van der Waals surface area contributed by atoms with Crippen LogP contribution in [0.3, 0.4) is 0 Å². The van der Waals surface area contributed by atoms with E-state index in [9.17, 15) is 13.2 Å². The van der Waals surface area contributed by atoms with Crippen molar-refractivity contribution >= 4 is 27.5 Å². The standard InChI is InChI=1S/C22H25ClN2O5S/c1-3-31(27,28)25-21(26)15-6-7-17(20(11-15)29-2)16-10-18(23)22(24-12-16)30-19-9-13-4-5-14(19)8-13/h6-7,10-14,19H,3-5,8-9H2,1-2H3,(H,25,26)/t13-,14+,19-/m0/s1. The highest BCUT2D eigenvalue weighted by Crippen LogP contribution is 2.46. The summed E-state index contributed by atoms with van der Waals surface area (Å²) in [5, 5.41) is 0.415. The third-order valence-electron chi connectivity index (χ3n) is 6.15. The fraction of sp³-hybridized carbons (Fsp3) is 0.455. The van der Waals surface area contributed by atoms with Crippen molar-refractivity contribution in [2.75, 3.05) is 12.9 Å². The molecule has 1 N–H and O–H groups in total. The van der Waals surface area contributed by atoms with Crippen LogP contribution in [0.5, 0.6) is 11.6 Å². The molecule has 1 aromatic carbocycles. The number of pyridine rings is 1. The Balaban J connectivity index is 1.54. The summed E-state index contributed by atoms with van der Waals surface area (Å²) < 4.78 is 36.9. The van der Waals surface area contributed by atoms with Crippen molar-refractivity contribution in [3.05, 3.63) is 41.0 Å². The van der Waals surface area contributed by atoms with Gasteiger partial charge in [-0.25, -0.2) is 18.1 Å². The summed E-state index contributed by atoms with van der Waals surface area (Å²) in [6, 6.07) is 6.46. The normalized spacial score (nSPS) is 22.4. The van der Waals surface area contributed by atoms with Gasteiger partial charge in [0.25, 0.3) is 5.91 Å². The Morgan fingerprint density at radius 3 is 2.68 bits per heavy atom. The highest BCUT2D eigenvalue weighted by atomic mass is 35.5. The topological polar surface area (TPSA) is 94.6 Å². The lowest BCUT2D eigenvalue weighted by Crippen LogP contribution is -2.31. The Bertz CT molecular complexity index is 1110. The Morgan fingerprint density at radius 1 is 1.26 bits per heavy atom. The quantitative estimate of drug-likeness (QED) is 0.664. The minimum absolute atomic E-state index is 0.174. The smallest absolute Gasteiger partial charge is 0.264 e. The molecule has 7 nitrogen and oxygen atoms in total. The van der Waals surface area contributed by atoms with E-state index in [1.165, 1.54) is 45.4 Å². The van der Waals surface area contributed by atoms with Crippen LogP contribution in [0, 0.1) is 11.8 Å². The first-order chi connectivity index (χ1) is 14.8. The molecule has 0 spiro atoms. The molecule has 4 rings (SSSR count). The molecule has 31 heavy (non-hydrogen) atoms. The maximum atomic E-state index is 12.3. The van der Waals surface area contributed by atoms with E-state index in [1.54, 1.807) is 18.3 Å². The number of nitrogens with one attached hydrogen (secondary N) is 1. The summed E-state index contributed by atoms with van der Waals surface area (Å²) in [7, 11) is -2.18. The van der Waals surface area contributed by atoms with Gasteiger partial charge in [-0.3, -0.25) is 4.79 Å². The lowest BCUT2D eigenvalue weighted by Gasteiger charge is -2.23. The van der Waals surface area contributed by atoms with E-state index >= 15 is 0 Å². The van der Waals surface area contributed by atoms with Gasteiger partial charge < -0.3 is 9.47 Å². The fourth-order valence-electron chi connectivity index (χ4n) is 4.48. The van der Waals surface area contributed by atoms with E-state index in [4.69, 9.17) is 21.1 Å². The number of halogens is 1. The van der Waals surface area contributed by atoms with Crippen LogP contribution < -0.4 is 14.2 Å². The van der Waals surface area contributed by atoms with Crippen molar-refractivity contribution in [3.8, 4) is 22.8 Å². The zero-order chi connectivity index (χ0) is 22.2. The number of benzene rings is 1. The van der Waals surface area contributed by atoms with E-state index in [0.29, 0.717) is 33.7 Å². The molecule has 0 saturated heterocycles. The summed E-state index contributed by atoms with van der Waals surface area (Å²) in [5.74, 6) is 1.30. The van der Waals surface area contributed by atoms with Crippen LogP contribution in [0.4, 0.5) is 0 Å². The molecular weight excluding hydrogens is 440 g/mol. The average Bonchev–Trinajstić information content (AvgIpc) is 3.37. The second-order valence-corrected chi connectivity index (χ2v) is 10.5. The van der Waals surface area contributed by atoms with Crippen molar-refractivity contribution in [3.63, 3.8) is 0 Å². The molecule has 2 aliphatic carbocycles. The Labute approximate surface area is 187 Å². The summed E-state index contributed by atoms with van der Waals surface area (Å²) in [6.45, 7) is 1.46.